The molecule has 2 atom stereocenters. The molecule has 0 aromatic heterocycles. The summed E-state index contributed by atoms with van der Waals surface area (Å²) in [7, 11) is 0. The maximum Gasteiger partial charge on any atom is 0.416 e. The van der Waals surface area contributed by atoms with Gasteiger partial charge in [-0.1, -0.05) is 43.3 Å². The van der Waals surface area contributed by atoms with Crippen molar-refractivity contribution in [2.75, 3.05) is 39.4 Å². The van der Waals surface area contributed by atoms with Crippen LogP contribution >= 0.6 is 0 Å². The number of likely N-dealkylation sites (tertiary alicyclic amines) is 2. The maximum atomic E-state index is 12.8. The first-order valence-electron chi connectivity index (χ1n) is 18.0. The third-order valence-corrected chi connectivity index (χ3v) is 9.09. The van der Waals surface area contributed by atoms with Gasteiger partial charge < -0.3 is 33.9 Å². The third kappa shape index (κ3) is 12.3. The van der Waals surface area contributed by atoms with Gasteiger partial charge in [0.15, 0.2) is 13.2 Å². The number of rotatable bonds is 12. The predicted octanol–water partition coefficient (Wildman–Crippen LogP) is 7.58. The first kappa shape index (κ1) is 41.7. The number of aryl methyl sites for hydroxylation is 1. The Balaban J connectivity index is 0.000000214. The first-order chi connectivity index (χ1) is 26.7. The number of nitrogens with zero attached hydrogens (tertiary/aromatic N) is 2. The maximum absolute atomic E-state index is 12.8. The van der Waals surface area contributed by atoms with Crippen molar-refractivity contribution in [1.29, 1.82) is 0 Å². The van der Waals surface area contributed by atoms with Crippen molar-refractivity contribution < 1.29 is 60.0 Å². The van der Waals surface area contributed by atoms with E-state index in [1.807, 2.05) is 24.3 Å². The highest BCUT2D eigenvalue weighted by atomic mass is 19.4. The highest BCUT2D eigenvalue weighted by Crippen LogP contribution is 2.33. The van der Waals surface area contributed by atoms with Crippen LogP contribution in [0.15, 0.2) is 97.1 Å². The van der Waals surface area contributed by atoms with Crippen molar-refractivity contribution in [3.63, 3.8) is 0 Å². The Bertz CT molecular complexity index is 1750. The van der Waals surface area contributed by atoms with Crippen LogP contribution in [0, 0.1) is 0 Å². The fourth-order valence-corrected chi connectivity index (χ4v) is 5.96. The summed E-state index contributed by atoms with van der Waals surface area (Å²) in [5, 5.41) is 9.01. The zero-order chi connectivity index (χ0) is 40.3. The van der Waals surface area contributed by atoms with E-state index in [9.17, 15) is 35.9 Å². The molecule has 0 spiro atoms. The van der Waals surface area contributed by atoms with Gasteiger partial charge >= 0.3 is 12.4 Å². The van der Waals surface area contributed by atoms with E-state index in [1.165, 1.54) is 29.8 Å². The van der Waals surface area contributed by atoms with Crippen LogP contribution in [-0.4, -0.2) is 78.3 Å². The van der Waals surface area contributed by atoms with Gasteiger partial charge in [-0.05, 0) is 78.2 Å². The molecule has 9 nitrogen and oxygen atoms in total. The molecular weight excluding hydrogens is 746 g/mol. The molecule has 2 saturated heterocycles. The molecule has 0 bridgehead atoms. The molecule has 0 radical (unpaired) electrons. The van der Waals surface area contributed by atoms with Gasteiger partial charge in [-0.2, -0.15) is 26.3 Å². The van der Waals surface area contributed by atoms with Gasteiger partial charge in [-0.25, -0.2) is 0 Å². The summed E-state index contributed by atoms with van der Waals surface area (Å²) >= 11 is 0. The number of ether oxygens (including phenoxy) is 4. The van der Waals surface area contributed by atoms with E-state index >= 15 is 0 Å². The summed E-state index contributed by atoms with van der Waals surface area (Å²) in [6.07, 6.45) is -7.51. The number of aliphatic hydroxyl groups is 1. The van der Waals surface area contributed by atoms with Crippen LogP contribution in [0.4, 0.5) is 26.3 Å². The molecular formula is C41H42F6N2O7. The first-order valence-corrected chi connectivity index (χ1v) is 18.0. The van der Waals surface area contributed by atoms with E-state index in [2.05, 4.69) is 6.92 Å². The summed E-state index contributed by atoms with van der Waals surface area (Å²) in [6.45, 7) is 3.33. The largest absolute Gasteiger partial charge is 0.489 e. The summed E-state index contributed by atoms with van der Waals surface area (Å²) in [4.78, 5) is 27.8. The molecule has 4 aromatic carbocycles. The number of benzene rings is 4. The number of halogens is 6. The van der Waals surface area contributed by atoms with Crippen molar-refractivity contribution in [2.24, 2.45) is 0 Å². The van der Waals surface area contributed by atoms with Crippen molar-refractivity contribution in [2.45, 2.75) is 57.4 Å². The minimum Gasteiger partial charge on any atom is -0.489 e. The minimum atomic E-state index is -4.43. The standard InChI is InChI=1S/C21H22F3NO3.C20H20F3NO4/c1-2-15-6-8-17(9-7-15)27-14-20(26)25-11-10-19(13-25)28-18-5-3-4-16(12-18)21(22,23)24;21-20(22,23)15-2-1-3-17(10-15)28-18-8-9-24(11-18)19(26)13-27-16-6-4-14(12-25)5-7-16/h3-9,12,19H,2,10-11,13-14H2,1H3;1-7,10,18,25H,8-9,11-13H2/t19-;18-/m00/s1. The Morgan fingerprint density at radius 3 is 1.41 bits per heavy atom. The lowest BCUT2D eigenvalue weighted by Gasteiger charge is -2.18. The van der Waals surface area contributed by atoms with Gasteiger partial charge in [0.05, 0.1) is 30.8 Å². The van der Waals surface area contributed by atoms with Gasteiger partial charge in [-0.3, -0.25) is 9.59 Å². The summed E-state index contributed by atoms with van der Waals surface area (Å²) in [5.74, 6) is 1.04. The van der Waals surface area contributed by atoms with E-state index in [4.69, 9.17) is 24.1 Å². The Labute approximate surface area is 320 Å². The number of amides is 2. The van der Waals surface area contributed by atoms with E-state index < -0.39 is 23.5 Å². The summed E-state index contributed by atoms with van der Waals surface area (Å²) in [5.41, 5.74) is 0.413. The lowest BCUT2D eigenvalue weighted by atomic mass is 10.2. The lowest BCUT2D eigenvalue weighted by Crippen LogP contribution is -2.34. The molecule has 1 N–H and O–H groups in total. The highest BCUT2D eigenvalue weighted by Gasteiger charge is 2.33. The Morgan fingerprint density at radius 2 is 1.04 bits per heavy atom. The number of alkyl halides is 6. The Kier molecular flexibility index (Phi) is 14.1. The predicted molar refractivity (Wildman–Crippen MR) is 193 cm³/mol. The molecule has 0 unspecified atom stereocenters. The molecule has 56 heavy (non-hydrogen) atoms. The third-order valence-electron chi connectivity index (χ3n) is 9.09. The number of carbonyl (C=O) groups is 2. The molecule has 2 aliphatic heterocycles. The van der Waals surface area contributed by atoms with E-state index in [0.29, 0.717) is 50.5 Å². The zero-order valence-corrected chi connectivity index (χ0v) is 30.5. The molecule has 2 aliphatic rings. The van der Waals surface area contributed by atoms with E-state index in [-0.39, 0.29) is 55.3 Å². The van der Waals surface area contributed by atoms with Crippen LogP contribution < -0.4 is 18.9 Å². The quantitative estimate of drug-likeness (QED) is 0.148. The fraction of sp³-hybridized carbons (Fsp3) is 0.366. The molecule has 0 saturated carbocycles. The van der Waals surface area contributed by atoms with Crippen molar-refractivity contribution in [3.05, 3.63) is 119 Å². The van der Waals surface area contributed by atoms with Gasteiger partial charge in [0, 0.05) is 25.9 Å². The van der Waals surface area contributed by atoms with Crippen LogP contribution in [0.2, 0.25) is 0 Å². The van der Waals surface area contributed by atoms with E-state index in [1.54, 1.807) is 34.1 Å². The van der Waals surface area contributed by atoms with Crippen LogP contribution in [0.3, 0.4) is 0 Å². The molecule has 0 aliphatic carbocycles. The summed E-state index contributed by atoms with van der Waals surface area (Å²) in [6, 6.07) is 23.8. The Morgan fingerprint density at radius 1 is 0.625 bits per heavy atom. The number of aliphatic hydroxyl groups excluding tert-OH is 1. The van der Waals surface area contributed by atoms with Crippen LogP contribution in [0.5, 0.6) is 23.0 Å². The van der Waals surface area contributed by atoms with Crippen molar-refractivity contribution >= 4 is 11.8 Å². The van der Waals surface area contributed by atoms with Gasteiger partial charge in [0.2, 0.25) is 0 Å². The lowest BCUT2D eigenvalue weighted by molar-refractivity contribution is -0.138. The van der Waals surface area contributed by atoms with Crippen LogP contribution in [0.1, 0.15) is 42.0 Å². The summed E-state index contributed by atoms with van der Waals surface area (Å²) < 4.78 is 99.0. The normalized spacial score (nSPS) is 16.9. The number of hydrogen-bond donors (Lipinski definition) is 1. The molecule has 2 heterocycles. The van der Waals surface area contributed by atoms with Crippen LogP contribution in [-0.2, 0) is 35.0 Å². The van der Waals surface area contributed by atoms with Crippen LogP contribution in [0.25, 0.3) is 0 Å². The molecule has 2 fully saturated rings. The van der Waals surface area contributed by atoms with E-state index in [0.717, 1.165) is 36.2 Å². The second-order valence-electron chi connectivity index (χ2n) is 13.2. The van der Waals surface area contributed by atoms with Gasteiger partial charge in [0.1, 0.15) is 35.2 Å². The minimum absolute atomic E-state index is 0.0692. The zero-order valence-electron chi connectivity index (χ0n) is 30.5. The second-order valence-corrected chi connectivity index (χ2v) is 13.2. The molecule has 300 valence electrons. The van der Waals surface area contributed by atoms with Crippen molar-refractivity contribution in [3.8, 4) is 23.0 Å². The van der Waals surface area contributed by atoms with Gasteiger partial charge in [0.25, 0.3) is 11.8 Å². The number of carbonyl (C=O) groups excluding carboxylic acids is 2. The smallest absolute Gasteiger partial charge is 0.416 e. The number of hydrogen-bond acceptors (Lipinski definition) is 7. The fourth-order valence-electron chi connectivity index (χ4n) is 5.96. The SMILES string of the molecule is CCc1ccc(OCC(=O)N2CC[C@H](Oc3cccc(C(F)(F)F)c3)C2)cc1.O=C(COc1ccc(CO)cc1)N1CC[C@H](Oc2cccc(C(F)(F)F)c2)C1. The Hall–Kier alpha value is -5.44. The molecule has 4 aromatic rings. The monoisotopic (exact) mass is 788 g/mol. The average Bonchev–Trinajstić information content (AvgIpc) is 3.86. The van der Waals surface area contributed by atoms with Gasteiger partial charge in [-0.15, -0.1) is 0 Å². The highest BCUT2D eigenvalue weighted by molar-refractivity contribution is 5.78. The topological polar surface area (TPSA) is 97.8 Å². The molecule has 15 heteroatoms. The molecule has 2 amide bonds. The molecule has 6 rings (SSSR count). The second kappa shape index (κ2) is 18.9. The van der Waals surface area contributed by atoms with Crippen molar-refractivity contribution in [1.82, 2.24) is 9.80 Å². The average molecular weight is 789 g/mol.